The highest BCUT2D eigenvalue weighted by Gasteiger charge is 2.32. The Bertz CT molecular complexity index is 521. The topological polar surface area (TPSA) is 41.6 Å². The maximum Gasteiger partial charge on any atom is 0.414 e. The summed E-state index contributed by atoms with van der Waals surface area (Å²) in [5.74, 6) is -0.332. The molecule has 1 aromatic carbocycles. The minimum atomic E-state index is -0.461. The zero-order chi connectivity index (χ0) is 14.0. The first kappa shape index (κ1) is 13.7. The first-order valence-electron chi connectivity index (χ1n) is 5.96. The van der Waals surface area contributed by atoms with Gasteiger partial charge in [0.25, 0.3) is 0 Å². The lowest BCUT2D eigenvalue weighted by atomic mass is 10.2. The molecule has 0 spiro atoms. The number of benzene rings is 1. The number of carbonyl (C=O) groups excluding carboxylic acids is 1. The molecule has 102 valence electrons. The van der Waals surface area contributed by atoms with E-state index in [9.17, 15) is 9.18 Å². The van der Waals surface area contributed by atoms with Crippen LogP contribution >= 0.6 is 12.2 Å². The predicted molar refractivity (Wildman–Crippen MR) is 75.0 cm³/mol. The van der Waals surface area contributed by atoms with Crippen molar-refractivity contribution in [1.29, 1.82) is 0 Å². The van der Waals surface area contributed by atoms with Crippen LogP contribution in [0.25, 0.3) is 0 Å². The lowest BCUT2D eigenvalue weighted by Crippen LogP contribution is -2.32. The number of nitrogens with one attached hydrogen (secondary N) is 1. The molecule has 0 radical (unpaired) electrons. The molecular weight excluding hydrogens is 267 g/mol. The van der Waals surface area contributed by atoms with Gasteiger partial charge in [0.2, 0.25) is 0 Å². The number of cyclic esters (lactones) is 1. The number of nitrogens with zero attached hydrogens (tertiary/aromatic N) is 1. The highest BCUT2D eigenvalue weighted by Crippen LogP contribution is 2.23. The zero-order valence-corrected chi connectivity index (χ0v) is 11.6. The second kappa shape index (κ2) is 5.52. The average Bonchev–Trinajstić information content (AvgIpc) is 2.72. The van der Waals surface area contributed by atoms with E-state index in [1.807, 2.05) is 0 Å². The SMILES string of the molecule is CC(=S)NC[C@H]1CN(c2ccc(C)c(F)c2)C(=O)O1. The van der Waals surface area contributed by atoms with Crippen molar-refractivity contribution >= 4 is 29.0 Å². The molecule has 1 aliphatic rings. The molecule has 1 aliphatic heterocycles. The lowest BCUT2D eigenvalue weighted by molar-refractivity contribution is 0.143. The van der Waals surface area contributed by atoms with E-state index < -0.39 is 6.09 Å². The second-order valence-corrected chi connectivity index (χ2v) is 5.10. The molecule has 1 N–H and O–H groups in total. The minimum Gasteiger partial charge on any atom is -0.442 e. The van der Waals surface area contributed by atoms with Crippen LogP contribution in [0.15, 0.2) is 18.2 Å². The van der Waals surface area contributed by atoms with Crippen molar-refractivity contribution in [3.63, 3.8) is 0 Å². The first-order chi connectivity index (χ1) is 8.97. The maximum atomic E-state index is 13.5. The van der Waals surface area contributed by atoms with Gasteiger partial charge < -0.3 is 10.1 Å². The van der Waals surface area contributed by atoms with Crippen LogP contribution in [0.5, 0.6) is 0 Å². The van der Waals surface area contributed by atoms with Gasteiger partial charge in [0.15, 0.2) is 0 Å². The van der Waals surface area contributed by atoms with Crippen molar-refractivity contribution in [3.05, 3.63) is 29.6 Å². The molecule has 0 unspecified atom stereocenters. The van der Waals surface area contributed by atoms with Crippen LogP contribution in [0.2, 0.25) is 0 Å². The lowest BCUT2D eigenvalue weighted by Gasteiger charge is -2.13. The van der Waals surface area contributed by atoms with Gasteiger partial charge in [0, 0.05) is 0 Å². The van der Waals surface area contributed by atoms with Gasteiger partial charge in [0.05, 0.1) is 23.8 Å². The average molecular weight is 282 g/mol. The molecule has 2 rings (SSSR count). The van der Waals surface area contributed by atoms with Crippen molar-refractivity contribution in [2.75, 3.05) is 18.0 Å². The summed E-state index contributed by atoms with van der Waals surface area (Å²) in [5, 5.41) is 2.95. The third-order valence-corrected chi connectivity index (χ3v) is 3.06. The normalized spacial score (nSPS) is 18.4. The summed E-state index contributed by atoms with van der Waals surface area (Å²) in [4.78, 5) is 13.8. The number of halogens is 1. The third kappa shape index (κ3) is 3.20. The Labute approximate surface area is 116 Å². The van der Waals surface area contributed by atoms with Gasteiger partial charge in [-0.25, -0.2) is 9.18 Å². The molecule has 1 amide bonds. The fraction of sp³-hybridized carbons (Fsp3) is 0.385. The van der Waals surface area contributed by atoms with Crippen LogP contribution in [0.1, 0.15) is 12.5 Å². The van der Waals surface area contributed by atoms with Crippen LogP contribution in [0.3, 0.4) is 0 Å². The molecule has 6 heteroatoms. The van der Waals surface area contributed by atoms with Gasteiger partial charge in [-0.2, -0.15) is 0 Å². The second-order valence-electron chi connectivity index (χ2n) is 4.49. The molecule has 1 fully saturated rings. The van der Waals surface area contributed by atoms with E-state index in [1.165, 1.54) is 11.0 Å². The number of hydrogen-bond acceptors (Lipinski definition) is 3. The van der Waals surface area contributed by atoms with Crippen LogP contribution < -0.4 is 10.2 Å². The van der Waals surface area contributed by atoms with E-state index in [1.54, 1.807) is 26.0 Å². The number of hydrogen-bond donors (Lipinski definition) is 1. The molecule has 4 nitrogen and oxygen atoms in total. The van der Waals surface area contributed by atoms with Gasteiger partial charge in [-0.3, -0.25) is 4.90 Å². The van der Waals surface area contributed by atoms with E-state index >= 15 is 0 Å². The molecule has 0 aromatic heterocycles. The Kier molecular flexibility index (Phi) is 3.99. The number of anilines is 1. The summed E-state index contributed by atoms with van der Waals surface area (Å²) in [6.07, 6.45) is -0.744. The number of aryl methyl sites for hydroxylation is 1. The summed E-state index contributed by atoms with van der Waals surface area (Å²) in [5.41, 5.74) is 1.06. The van der Waals surface area contributed by atoms with Gasteiger partial charge in [0.1, 0.15) is 11.9 Å². The number of amides is 1. The van der Waals surface area contributed by atoms with Crippen molar-refractivity contribution in [3.8, 4) is 0 Å². The van der Waals surface area contributed by atoms with E-state index in [2.05, 4.69) is 5.32 Å². The smallest absolute Gasteiger partial charge is 0.414 e. The number of rotatable bonds is 3. The van der Waals surface area contributed by atoms with E-state index in [-0.39, 0.29) is 11.9 Å². The summed E-state index contributed by atoms with van der Waals surface area (Å²) >= 11 is 4.90. The van der Waals surface area contributed by atoms with Crippen molar-refractivity contribution < 1.29 is 13.9 Å². The Morgan fingerprint density at radius 2 is 2.37 bits per heavy atom. The molecule has 19 heavy (non-hydrogen) atoms. The van der Waals surface area contributed by atoms with Crippen LogP contribution in [-0.2, 0) is 4.74 Å². The summed E-state index contributed by atoms with van der Waals surface area (Å²) < 4.78 is 18.7. The van der Waals surface area contributed by atoms with Gasteiger partial charge in [-0.05, 0) is 31.5 Å². The minimum absolute atomic E-state index is 0.283. The number of carbonyl (C=O) groups is 1. The van der Waals surface area contributed by atoms with E-state index in [0.717, 1.165) is 0 Å². The Balaban J connectivity index is 2.07. The molecule has 1 heterocycles. The summed E-state index contributed by atoms with van der Waals surface area (Å²) in [6.45, 7) is 4.29. The highest BCUT2D eigenvalue weighted by atomic mass is 32.1. The fourth-order valence-electron chi connectivity index (χ4n) is 1.85. The molecule has 0 saturated carbocycles. The zero-order valence-electron chi connectivity index (χ0n) is 10.8. The molecule has 0 aliphatic carbocycles. The molecule has 1 saturated heterocycles. The summed E-state index contributed by atoms with van der Waals surface area (Å²) in [7, 11) is 0. The monoisotopic (exact) mass is 282 g/mol. The van der Waals surface area contributed by atoms with Crippen molar-refractivity contribution in [1.82, 2.24) is 5.32 Å². The Morgan fingerprint density at radius 3 is 3.00 bits per heavy atom. The highest BCUT2D eigenvalue weighted by molar-refractivity contribution is 7.80. The van der Waals surface area contributed by atoms with Gasteiger partial charge >= 0.3 is 6.09 Å². The Hall–Kier alpha value is -1.69. The van der Waals surface area contributed by atoms with E-state index in [4.69, 9.17) is 17.0 Å². The first-order valence-corrected chi connectivity index (χ1v) is 6.37. The molecular formula is C13H15FN2O2S. The number of thiocarbonyl (C=S) groups is 1. The van der Waals surface area contributed by atoms with Gasteiger partial charge in [-0.1, -0.05) is 18.3 Å². The Morgan fingerprint density at radius 1 is 1.63 bits per heavy atom. The van der Waals surface area contributed by atoms with E-state index in [0.29, 0.717) is 29.3 Å². The molecule has 1 atom stereocenters. The maximum absolute atomic E-state index is 13.5. The van der Waals surface area contributed by atoms with Gasteiger partial charge in [-0.15, -0.1) is 0 Å². The van der Waals surface area contributed by atoms with Crippen LogP contribution in [0, 0.1) is 12.7 Å². The summed E-state index contributed by atoms with van der Waals surface area (Å²) in [6, 6.07) is 4.70. The largest absolute Gasteiger partial charge is 0.442 e. The van der Waals surface area contributed by atoms with Crippen LogP contribution in [0.4, 0.5) is 14.9 Å². The van der Waals surface area contributed by atoms with Crippen molar-refractivity contribution in [2.45, 2.75) is 20.0 Å². The van der Waals surface area contributed by atoms with Crippen LogP contribution in [-0.4, -0.2) is 30.3 Å². The fourth-order valence-corrected chi connectivity index (χ4v) is 1.93. The quantitative estimate of drug-likeness (QED) is 0.864. The molecule has 0 bridgehead atoms. The third-order valence-electron chi connectivity index (χ3n) is 2.92. The standard InChI is InChI=1S/C13H15FN2O2S/c1-8-3-4-10(5-12(8)14)16-7-11(18-13(16)17)6-15-9(2)19/h3-5,11H,6-7H2,1-2H3,(H,15,19)/t11-/m0/s1. The molecule has 1 aromatic rings. The number of ether oxygens (including phenoxy) is 1. The van der Waals surface area contributed by atoms with Crippen molar-refractivity contribution in [2.24, 2.45) is 0 Å². The predicted octanol–water partition coefficient (Wildman–Crippen LogP) is 2.40.